The van der Waals surface area contributed by atoms with Crippen LogP contribution in [0.1, 0.15) is 42.6 Å². The fraction of sp³-hybridized carbons (Fsp3) is 0.348. The maximum absolute atomic E-state index is 12.8. The lowest BCUT2D eigenvalue weighted by Gasteiger charge is -2.20. The van der Waals surface area contributed by atoms with Crippen molar-refractivity contribution in [2.24, 2.45) is 0 Å². The molecule has 0 spiro atoms. The molecule has 1 unspecified atom stereocenters. The molecule has 0 aliphatic carbocycles. The van der Waals surface area contributed by atoms with Gasteiger partial charge in [0.2, 0.25) is 0 Å². The molecule has 0 heterocycles. The minimum Gasteiger partial charge on any atom is -0.493 e. The summed E-state index contributed by atoms with van der Waals surface area (Å²) < 4.78 is 20.5. The highest BCUT2D eigenvalue weighted by Gasteiger charge is 2.27. The lowest BCUT2D eigenvalue weighted by atomic mass is 10.00. The first-order valence-electron chi connectivity index (χ1n) is 9.77. The van der Waals surface area contributed by atoms with Crippen LogP contribution < -0.4 is 14.8 Å². The maximum Gasteiger partial charge on any atom is 0.412 e. The summed E-state index contributed by atoms with van der Waals surface area (Å²) in [4.78, 5) is 36.7. The van der Waals surface area contributed by atoms with E-state index < -0.39 is 36.2 Å². The number of para-hydroxylation sites is 1. The molecule has 2 rings (SSSR count). The Kier molecular flexibility index (Phi) is 8.20. The smallest absolute Gasteiger partial charge is 0.412 e. The summed E-state index contributed by atoms with van der Waals surface area (Å²) in [7, 11) is 2.57. The predicted octanol–water partition coefficient (Wildman–Crippen LogP) is 3.51. The Morgan fingerprint density at radius 2 is 1.69 bits per heavy atom. The van der Waals surface area contributed by atoms with Crippen LogP contribution in [0.25, 0.3) is 0 Å². The highest BCUT2D eigenvalue weighted by atomic mass is 16.6. The van der Waals surface area contributed by atoms with Gasteiger partial charge in [0.15, 0.2) is 11.5 Å². The quantitative estimate of drug-likeness (QED) is 0.491. The summed E-state index contributed by atoms with van der Waals surface area (Å²) in [6.45, 7) is 4.71. The Morgan fingerprint density at radius 1 is 1.03 bits per heavy atom. The molecule has 0 radical (unpaired) electrons. The molecule has 2 N–H and O–H groups in total. The van der Waals surface area contributed by atoms with E-state index in [2.05, 4.69) is 5.32 Å². The second-order valence-corrected chi connectivity index (χ2v) is 7.73. The van der Waals surface area contributed by atoms with Crippen molar-refractivity contribution in [1.29, 1.82) is 0 Å². The molecule has 9 nitrogen and oxygen atoms in total. The van der Waals surface area contributed by atoms with Gasteiger partial charge in [-0.1, -0.05) is 18.2 Å². The molecule has 1 atom stereocenters. The molecule has 32 heavy (non-hydrogen) atoms. The van der Waals surface area contributed by atoms with Crippen molar-refractivity contribution >= 4 is 23.7 Å². The first kappa shape index (κ1) is 24.7. The summed E-state index contributed by atoms with van der Waals surface area (Å²) in [5.74, 6) is -2.48. The number of carbonyl (C=O) groups is 3. The topological polar surface area (TPSA) is 120 Å². The zero-order chi connectivity index (χ0) is 23.9. The van der Waals surface area contributed by atoms with E-state index in [4.69, 9.17) is 18.9 Å². The largest absolute Gasteiger partial charge is 0.493 e. The molecule has 2 aromatic carbocycles. The van der Waals surface area contributed by atoms with Crippen molar-refractivity contribution in [3.05, 3.63) is 53.6 Å². The van der Waals surface area contributed by atoms with Gasteiger partial charge in [-0.05, 0) is 50.6 Å². The number of hydrogen-bond acceptors (Lipinski definition) is 8. The van der Waals surface area contributed by atoms with Gasteiger partial charge in [0.1, 0.15) is 17.1 Å². The molecule has 1 amide bonds. The Bertz CT molecular complexity index is 963. The van der Waals surface area contributed by atoms with E-state index in [-0.39, 0.29) is 17.1 Å². The highest BCUT2D eigenvalue weighted by molar-refractivity contribution is 5.95. The van der Waals surface area contributed by atoms with Crippen LogP contribution in [0.2, 0.25) is 0 Å². The Labute approximate surface area is 186 Å². The zero-order valence-corrected chi connectivity index (χ0v) is 18.6. The van der Waals surface area contributed by atoms with E-state index in [1.165, 1.54) is 26.4 Å². The van der Waals surface area contributed by atoms with Crippen molar-refractivity contribution in [2.75, 3.05) is 26.1 Å². The number of aliphatic hydroxyl groups excluding tert-OH is 1. The number of esters is 2. The van der Waals surface area contributed by atoms with Gasteiger partial charge in [0, 0.05) is 5.69 Å². The minimum absolute atomic E-state index is 0.00815. The van der Waals surface area contributed by atoms with Gasteiger partial charge in [0.05, 0.1) is 20.8 Å². The SMILES string of the molecule is COC(=O)c1cccc(OC)c1OC(=O)C(CO)c1ccc(NC(=O)OC(C)(C)C)cc1. The standard InChI is InChI=1S/C23H27NO8/c1-23(2,3)32-22(28)24-15-11-9-14(10-12-15)17(13-25)21(27)31-19-16(20(26)30-5)7-6-8-18(19)29-4/h6-12,17,25H,13H2,1-5H3,(H,24,28). The van der Waals surface area contributed by atoms with Crippen molar-refractivity contribution in [1.82, 2.24) is 0 Å². The summed E-state index contributed by atoms with van der Waals surface area (Å²) in [5.41, 5.74) is 0.262. The second-order valence-electron chi connectivity index (χ2n) is 7.73. The van der Waals surface area contributed by atoms with Gasteiger partial charge >= 0.3 is 18.0 Å². The average molecular weight is 445 g/mol. The number of hydrogen-bond donors (Lipinski definition) is 2. The molecule has 0 fully saturated rings. The molecular weight excluding hydrogens is 418 g/mol. The first-order chi connectivity index (χ1) is 15.1. The highest BCUT2D eigenvalue weighted by Crippen LogP contribution is 2.33. The summed E-state index contributed by atoms with van der Waals surface area (Å²) in [5, 5.41) is 12.4. The normalized spacial score (nSPS) is 11.8. The number of aliphatic hydroxyl groups is 1. The summed E-state index contributed by atoms with van der Waals surface area (Å²) in [6.07, 6.45) is -0.616. The monoisotopic (exact) mass is 445 g/mol. The number of rotatable bonds is 7. The van der Waals surface area contributed by atoms with Crippen molar-refractivity contribution in [3.63, 3.8) is 0 Å². The van der Waals surface area contributed by atoms with Crippen LogP contribution >= 0.6 is 0 Å². The third kappa shape index (κ3) is 6.45. The number of nitrogens with one attached hydrogen (secondary N) is 1. The Morgan fingerprint density at radius 3 is 2.22 bits per heavy atom. The van der Waals surface area contributed by atoms with Gasteiger partial charge in [-0.15, -0.1) is 0 Å². The van der Waals surface area contributed by atoms with E-state index in [0.717, 1.165) is 0 Å². The van der Waals surface area contributed by atoms with Crippen LogP contribution in [0.3, 0.4) is 0 Å². The molecule has 172 valence electrons. The van der Waals surface area contributed by atoms with Crippen LogP contribution in [0, 0.1) is 0 Å². The number of amides is 1. The van der Waals surface area contributed by atoms with Gasteiger partial charge in [-0.2, -0.15) is 0 Å². The second kappa shape index (κ2) is 10.6. The predicted molar refractivity (Wildman–Crippen MR) is 116 cm³/mol. The van der Waals surface area contributed by atoms with Crippen molar-refractivity contribution in [3.8, 4) is 11.5 Å². The lowest BCUT2D eigenvalue weighted by molar-refractivity contribution is -0.137. The number of methoxy groups -OCH3 is 2. The first-order valence-corrected chi connectivity index (χ1v) is 9.77. The number of benzene rings is 2. The molecule has 0 aromatic heterocycles. The average Bonchev–Trinajstić information content (AvgIpc) is 2.73. The zero-order valence-electron chi connectivity index (χ0n) is 18.6. The molecule has 0 aliphatic heterocycles. The van der Waals surface area contributed by atoms with Crippen LogP contribution in [-0.2, 0) is 14.3 Å². The molecule has 0 bridgehead atoms. The number of anilines is 1. The summed E-state index contributed by atoms with van der Waals surface area (Å²) >= 11 is 0. The third-order valence-electron chi connectivity index (χ3n) is 4.23. The fourth-order valence-corrected chi connectivity index (χ4v) is 2.76. The lowest BCUT2D eigenvalue weighted by Crippen LogP contribution is -2.27. The van der Waals surface area contributed by atoms with Crippen LogP contribution in [-0.4, -0.2) is 49.6 Å². The molecule has 2 aromatic rings. The van der Waals surface area contributed by atoms with Gasteiger partial charge in [-0.3, -0.25) is 10.1 Å². The van der Waals surface area contributed by atoms with E-state index in [1.54, 1.807) is 51.1 Å². The molecule has 0 aliphatic rings. The summed E-state index contributed by atoms with van der Waals surface area (Å²) in [6, 6.07) is 10.8. The molecule has 9 heteroatoms. The molecular formula is C23H27NO8. The fourth-order valence-electron chi connectivity index (χ4n) is 2.76. The van der Waals surface area contributed by atoms with E-state index in [9.17, 15) is 19.5 Å². The Hall–Kier alpha value is -3.59. The molecule has 0 saturated heterocycles. The Balaban J connectivity index is 2.20. The van der Waals surface area contributed by atoms with Crippen molar-refractivity contribution < 1.29 is 38.4 Å². The van der Waals surface area contributed by atoms with E-state index in [1.807, 2.05) is 0 Å². The van der Waals surface area contributed by atoms with Crippen LogP contribution in [0.5, 0.6) is 11.5 Å². The van der Waals surface area contributed by atoms with Gasteiger partial charge in [0.25, 0.3) is 0 Å². The maximum atomic E-state index is 12.8. The minimum atomic E-state index is -1.04. The van der Waals surface area contributed by atoms with E-state index in [0.29, 0.717) is 11.3 Å². The number of ether oxygens (including phenoxy) is 4. The van der Waals surface area contributed by atoms with Crippen molar-refractivity contribution in [2.45, 2.75) is 32.3 Å². The van der Waals surface area contributed by atoms with E-state index >= 15 is 0 Å². The number of carbonyl (C=O) groups excluding carboxylic acids is 3. The molecule has 0 saturated carbocycles. The third-order valence-corrected chi connectivity index (χ3v) is 4.23. The van der Waals surface area contributed by atoms with Gasteiger partial charge in [-0.25, -0.2) is 9.59 Å². The van der Waals surface area contributed by atoms with Crippen LogP contribution in [0.15, 0.2) is 42.5 Å². The van der Waals surface area contributed by atoms with Crippen LogP contribution in [0.4, 0.5) is 10.5 Å². The van der Waals surface area contributed by atoms with Gasteiger partial charge < -0.3 is 24.1 Å².